The smallest absolute Gasteiger partial charge is 0.213 e. The Balaban J connectivity index is 1.79. The number of unbranched alkanes of at least 4 members (excludes halogenated alkanes) is 5. The molecule has 25 heavy (non-hydrogen) atoms. The topological polar surface area (TPSA) is 42.4 Å². The molecule has 3 heteroatoms. The molecule has 1 atom stereocenters. The van der Waals surface area contributed by atoms with E-state index in [1.807, 2.05) is 49.5 Å². The average molecular weight is 341 g/mol. The van der Waals surface area contributed by atoms with E-state index in [-0.39, 0.29) is 6.10 Å². The van der Waals surface area contributed by atoms with Gasteiger partial charge in [-0.3, -0.25) is 0 Å². The Labute approximate surface area is 152 Å². The Bertz CT molecular complexity index is 592. The quantitative estimate of drug-likeness (QED) is 0.515. The van der Waals surface area contributed by atoms with Crippen LogP contribution in [-0.4, -0.2) is 16.7 Å². The molecule has 2 rings (SSSR count). The monoisotopic (exact) mass is 341 g/mol. The molecule has 0 fully saturated rings. The van der Waals surface area contributed by atoms with Crippen LogP contribution in [0, 0.1) is 0 Å². The summed E-state index contributed by atoms with van der Waals surface area (Å²) < 4.78 is 5.72. The van der Waals surface area contributed by atoms with Crippen LogP contribution in [0.3, 0.4) is 0 Å². The van der Waals surface area contributed by atoms with Gasteiger partial charge in [0.15, 0.2) is 0 Å². The predicted octanol–water partition coefficient (Wildman–Crippen LogP) is 5.93. The van der Waals surface area contributed by atoms with Gasteiger partial charge in [-0.25, -0.2) is 4.98 Å². The van der Waals surface area contributed by atoms with Crippen molar-refractivity contribution in [1.82, 2.24) is 4.98 Å². The van der Waals surface area contributed by atoms with Crippen LogP contribution in [0.4, 0.5) is 0 Å². The molecule has 1 N–H and O–H groups in total. The van der Waals surface area contributed by atoms with Crippen LogP contribution >= 0.6 is 0 Å². The van der Waals surface area contributed by atoms with Crippen molar-refractivity contribution in [3.8, 4) is 17.0 Å². The van der Waals surface area contributed by atoms with E-state index in [1.165, 1.54) is 32.1 Å². The van der Waals surface area contributed by atoms with Gasteiger partial charge in [0.1, 0.15) is 0 Å². The fraction of sp³-hybridized carbons (Fsp3) is 0.500. The van der Waals surface area contributed by atoms with E-state index < -0.39 is 0 Å². The van der Waals surface area contributed by atoms with Gasteiger partial charge in [-0.2, -0.15) is 0 Å². The summed E-state index contributed by atoms with van der Waals surface area (Å²) in [6.07, 6.45) is 9.77. The Hall–Kier alpha value is -1.87. The highest BCUT2D eigenvalue weighted by Gasteiger charge is 2.05. The normalized spacial score (nSPS) is 12.1. The van der Waals surface area contributed by atoms with Gasteiger partial charge in [0.2, 0.25) is 5.88 Å². The lowest BCUT2D eigenvalue weighted by Gasteiger charge is -2.09. The van der Waals surface area contributed by atoms with Crippen molar-refractivity contribution in [1.29, 1.82) is 0 Å². The van der Waals surface area contributed by atoms with Crippen molar-refractivity contribution >= 4 is 0 Å². The van der Waals surface area contributed by atoms with E-state index in [0.717, 1.165) is 36.1 Å². The summed E-state index contributed by atoms with van der Waals surface area (Å²) in [6, 6.07) is 12.0. The highest BCUT2D eigenvalue weighted by atomic mass is 16.5. The number of pyridine rings is 1. The Morgan fingerprint density at radius 2 is 1.56 bits per heavy atom. The number of hydrogen-bond acceptors (Lipinski definition) is 3. The van der Waals surface area contributed by atoms with E-state index in [1.54, 1.807) is 0 Å². The number of ether oxygens (including phenoxy) is 1. The second-order valence-electron chi connectivity index (χ2n) is 6.55. The average Bonchev–Trinajstić information content (AvgIpc) is 2.67. The van der Waals surface area contributed by atoms with Gasteiger partial charge >= 0.3 is 0 Å². The minimum Gasteiger partial charge on any atom is -0.478 e. The molecule has 3 nitrogen and oxygen atoms in total. The van der Waals surface area contributed by atoms with Crippen molar-refractivity contribution in [3.05, 3.63) is 48.2 Å². The third-order valence-corrected chi connectivity index (χ3v) is 4.50. The zero-order valence-electron chi connectivity index (χ0n) is 15.6. The highest BCUT2D eigenvalue weighted by Crippen LogP contribution is 2.24. The first-order chi connectivity index (χ1) is 12.2. The highest BCUT2D eigenvalue weighted by molar-refractivity contribution is 5.63. The van der Waals surface area contributed by atoms with Gasteiger partial charge in [-0.15, -0.1) is 0 Å². The van der Waals surface area contributed by atoms with Gasteiger partial charge in [0.05, 0.1) is 12.7 Å². The van der Waals surface area contributed by atoms with Crippen molar-refractivity contribution < 1.29 is 9.84 Å². The van der Waals surface area contributed by atoms with Crippen LogP contribution in [-0.2, 0) is 0 Å². The third kappa shape index (κ3) is 6.50. The van der Waals surface area contributed by atoms with Gasteiger partial charge < -0.3 is 9.84 Å². The van der Waals surface area contributed by atoms with E-state index in [0.29, 0.717) is 5.88 Å². The maximum Gasteiger partial charge on any atom is 0.213 e. The number of aliphatic hydroxyl groups excluding tert-OH is 1. The van der Waals surface area contributed by atoms with Crippen LogP contribution < -0.4 is 4.74 Å². The van der Waals surface area contributed by atoms with Crippen LogP contribution in [0.1, 0.15) is 70.5 Å². The van der Waals surface area contributed by atoms with E-state index >= 15 is 0 Å². The summed E-state index contributed by atoms with van der Waals surface area (Å²) >= 11 is 0. The summed E-state index contributed by atoms with van der Waals surface area (Å²) in [5, 5.41) is 9.86. The fourth-order valence-electron chi connectivity index (χ4n) is 2.83. The summed E-state index contributed by atoms with van der Waals surface area (Å²) in [5.41, 5.74) is 3.12. The van der Waals surface area contributed by atoms with Crippen molar-refractivity contribution in [3.63, 3.8) is 0 Å². The lowest BCUT2D eigenvalue weighted by atomic mass is 10.0. The fourth-order valence-corrected chi connectivity index (χ4v) is 2.83. The first-order valence-electron chi connectivity index (χ1n) is 9.61. The number of rotatable bonds is 11. The molecule has 1 aromatic heterocycles. The number of hydrogen-bond donors (Lipinski definition) is 1. The van der Waals surface area contributed by atoms with Gasteiger partial charge in [-0.05, 0) is 30.0 Å². The Morgan fingerprint density at radius 3 is 2.20 bits per heavy atom. The number of aliphatic hydroxyl groups is 1. The third-order valence-electron chi connectivity index (χ3n) is 4.50. The maximum atomic E-state index is 9.86. The molecule has 2 aromatic rings. The minimum absolute atomic E-state index is 0.384. The van der Waals surface area contributed by atoms with Crippen LogP contribution in [0.25, 0.3) is 11.1 Å². The molecule has 0 saturated carbocycles. The first-order valence-corrected chi connectivity index (χ1v) is 9.61. The van der Waals surface area contributed by atoms with Crippen LogP contribution in [0.2, 0.25) is 0 Å². The lowest BCUT2D eigenvalue weighted by molar-refractivity contribution is 0.173. The van der Waals surface area contributed by atoms with Crippen molar-refractivity contribution in [2.75, 3.05) is 6.61 Å². The molecule has 0 radical (unpaired) electrons. The van der Waals surface area contributed by atoms with Crippen LogP contribution in [0.15, 0.2) is 42.6 Å². The Kier molecular flexibility index (Phi) is 8.47. The van der Waals surface area contributed by atoms with Gasteiger partial charge in [-0.1, -0.05) is 70.2 Å². The molecule has 0 spiro atoms. The van der Waals surface area contributed by atoms with E-state index in [9.17, 15) is 5.11 Å². The van der Waals surface area contributed by atoms with E-state index in [2.05, 4.69) is 11.9 Å². The predicted molar refractivity (Wildman–Crippen MR) is 104 cm³/mol. The lowest BCUT2D eigenvalue weighted by Crippen LogP contribution is -1.99. The molecule has 0 aliphatic rings. The molecule has 0 saturated heterocycles. The number of nitrogens with zero attached hydrogens (tertiary/aromatic N) is 1. The summed E-state index contributed by atoms with van der Waals surface area (Å²) in [5.74, 6) is 0.690. The SMILES string of the molecule is CCCCCCCCOc1ccc(-c2ccc(C(O)CC)cc2)cn1. The molecular formula is C22H31NO2. The molecule has 136 valence electrons. The molecule has 0 amide bonds. The molecular weight excluding hydrogens is 310 g/mol. The van der Waals surface area contributed by atoms with Gasteiger partial charge in [0.25, 0.3) is 0 Å². The summed E-state index contributed by atoms with van der Waals surface area (Å²) in [7, 11) is 0. The first kappa shape index (κ1) is 19.5. The second-order valence-corrected chi connectivity index (χ2v) is 6.55. The zero-order chi connectivity index (χ0) is 17.9. The molecule has 1 aromatic carbocycles. The summed E-state index contributed by atoms with van der Waals surface area (Å²) in [4.78, 5) is 4.40. The minimum atomic E-state index is -0.384. The standard InChI is InChI=1S/C22H31NO2/c1-3-5-6-7-8-9-16-25-22-15-14-20(17-23-22)18-10-12-19(13-11-18)21(24)4-2/h10-15,17,21,24H,3-9,16H2,1-2H3. The Morgan fingerprint density at radius 1 is 0.880 bits per heavy atom. The van der Waals surface area contributed by atoms with Crippen LogP contribution in [0.5, 0.6) is 5.88 Å². The molecule has 1 heterocycles. The molecule has 1 unspecified atom stereocenters. The van der Waals surface area contributed by atoms with Gasteiger partial charge in [0, 0.05) is 17.8 Å². The summed E-state index contributed by atoms with van der Waals surface area (Å²) in [6.45, 7) is 4.95. The maximum absolute atomic E-state index is 9.86. The number of benzene rings is 1. The van der Waals surface area contributed by atoms with Crippen molar-refractivity contribution in [2.45, 2.75) is 64.9 Å². The second kappa shape index (κ2) is 10.9. The number of aromatic nitrogens is 1. The molecule has 0 bridgehead atoms. The largest absolute Gasteiger partial charge is 0.478 e. The van der Waals surface area contributed by atoms with E-state index in [4.69, 9.17) is 4.74 Å². The molecule has 0 aliphatic heterocycles. The molecule has 0 aliphatic carbocycles. The zero-order valence-corrected chi connectivity index (χ0v) is 15.6. The van der Waals surface area contributed by atoms with Crippen molar-refractivity contribution in [2.24, 2.45) is 0 Å².